The Hall–Kier alpha value is -1.92. The maximum Gasteiger partial charge on any atom is 0.329 e. The average Bonchev–Trinajstić information content (AvgIpc) is 2.93. The molecule has 7 nitrogen and oxygen atoms in total. The number of anilines is 2. The van der Waals surface area contributed by atoms with Crippen molar-refractivity contribution in [1.29, 1.82) is 0 Å². The molecule has 1 aliphatic rings. The molecule has 1 heterocycles. The maximum atomic E-state index is 11.0. The first-order valence-corrected chi connectivity index (χ1v) is 6.46. The zero-order valence-corrected chi connectivity index (χ0v) is 11.4. The van der Waals surface area contributed by atoms with Gasteiger partial charge >= 0.3 is 5.69 Å². The fourth-order valence-electron chi connectivity index (χ4n) is 1.82. The summed E-state index contributed by atoms with van der Waals surface area (Å²) in [5, 5.41) is 17.1. The number of hydrogen-bond acceptors (Lipinski definition) is 6. The van der Waals surface area contributed by atoms with Crippen molar-refractivity contribution in [3.8, 4) is 0 Å². The summed E-state index contributed by atoms with van der Waals surface area (Å²) in [6.45, 7) is 7.01. The number of nitrogens with zero attached hydrogens (tertiary/aromatic N) is 3. The summed E-state index contributed by atoms with van der Waals surface area (Å²) in [6, 6.07) is 0.236. The van der Waals surface area contributed by atoms with Gasteiger partial charge < -0.3 is 10.6 Å². The lowest BCUT2D eigenvalue weighted by molar-refractivity contribution is -0.384. The predicted molar refractivity (Wildman–Crippen MR) is 73.3 cm³/mol. The molecule has 0 radical (unpaired) electrons. The van der Waals surface area contributed by atoms with Crippen molar-refractivity contribution in [2.45, 2.75) is 39.7 Å². The van der Waals surface area contributed by atoms with Gasteiger partial charge in [0.15, 0.2) is 0 Å². The largest absolute Gasteiger partial charge is 0.361 e. The van der Waals surface area contributed by atoms with Crippen molar-refractivity contribution in [2.24, 2.45) is 5.41 Å². The van der Waals surface area contributed by atoms with Crippen molar-refractivity contribution in [3.05, 3.63) is 16.3 Å². The zero-order chi connectivity index (χ0) is 14.0. The van der Waals surface area contributed by atoms with Crippen LogP contribution in [-0.4, -0.2) is 27.5 Å². The van der Waals surface area contributed by atoms with Gasteiger partial charge in [-0.1, -0.05) is 20.8 Å². The Morgan fingerprint density at radius 3 is 2.79 bits per heavy atom. The molecule has 1 fully saturated rings. The fraction of sp³-hybridized carbons (Fsp3) is 0.667. The van der Waals surface area contributed by atoms with E-state index in [4.69, 9.17) is 0 Å². The van der Waals surface area contributed by atoms with E-state index in [-0.39, 0.29) is 17.1 Å². The molecule has 19 heavy (non-hydrogen) atoms. The van der Waals surface area contributed by atoms with Crippen LogP contribution in [0.15, 0.2) is 6.20 Å². The van der Waals surface area contributed by atoms with Crippen LogP contribution in [0.25, 0.3) is 0 Å². The highest BCUT2D eigenvalue weighted by atomic mass is 16.6. The van der Waals surface area contributed by atoms with E-state index in [2.05, 4.69) is 34.4 Å². The van der Waals surface area contributed by atoms with Gasteiger partial charge in [0.05, 0.1) is 4.92 Å². The monoisotopic (exact) mass is 265 g/mol. The van der Waals surface area contributed by atoms with E-state index in [1.54, 1.807) is 0 Å². The SMILES string of the molecule is CCCNc1ncc([N+](=O)[O-])c(NC2CC2(C)C)n1. The second kappa shape index (κ2) is 4.99. The molecule has 104 valence electrons. The minimum Gasteiger partial charge on any atom is -0.361 e. The van der Waals surface area contributed by atoms with E-state index in [1.807, 2.05) is 6.92 Å². The van der Waals surface area contributed by atoms with Crippen molar-refractivity contribution < 1.29 is 4.92 Å². The Morgan fingerprint density at radius 1 is 1.58 bits per heavy atom. The summed E-state index contributed by atoms with van der Waals surface area (Å²) in [7, 11) is 0. The first kappa shape index (κ1) is 13.5. The summed E-state index contributed by atoms with van der Waals surface area (Å²) in [6.07, 6.45) is 3.19. The van der Waals surface area contributed by atoms with E-state index >= 15 is 0 Å². The van der Waals surface area contributed by atoms with Crippen molar-refractivity contribution in [1.82, 2.24) is 9.97 Å². The normalized spacial score (nSPS) is 19.8. The van der Waals surface area contributed by atoms with E-state index < -0.39 is 4.92 Å². The Kier molecular flexibility index (Phi) is 3.55. The highest BCUT2D eigenvalue weighted by molar-refractivity contribution is 5.58. The molecule has 0 amide bonds. The van der Waals surface area contributed by atoms with Gasteiger partial charge in [-0.05, 0) is 18.3 Å². The van der Waals surface area contributed by atoms with Crippen molar-refractivity contribution in [3.63, 3.8) is 0 Å². The van der Waals surface area contributed by atoms with Crippen LogP contribution in [0, 0.1) is 15.5 Å². The molecular weight excluding hydrogens is 246 g/mol. The Balaban J connectivity index is 2.18. The van der Waals surface area contributed by atoms with Gasteiger partial charge in [-0.15, -0.1) is 0 Å². The van der Waals surface area contributed by atoms with Crippen LogP contribution in [0.3, 0.4) is 0 Å². The van der Waals surface area contributed by atoms with Crippen LogP contribution in [-0.2, 0) is 0 Å². The summed E-state index contributed by atoms with van der Waals surface area (Å²) >= 11 is 0. The Morgan fingerprint density at radius 2 is 2.26 bits per heavy atom. The lowest BCUT2D eigenvalue weighted by Gasteiger charge is -2.09. The highest BCUT2D eigenvalue weighted by Crippen LogP contribution is 2.47. The van der Waals surface area contributed by atoms with Crippen molar-refractivity contribution >= 4 is 17.5 Å². The summed E-state index contributed by atoms with van der Waals surface area (Å²) in [4.78, 5) is 18.7. The first-order valence-electron chi connectivity index (χ1n) is 6.46. The molecule has 1 aromatic heterocycles. The van der Waals surface area contributed by atoms with Crippen LogP contribution >= 0.6 is 0 Å². The van der Waals surface area contributed by atoms with Crippen LogP contribution in [0.2, 0.25) is 0 Å². The molecule has 0 bridgehead atoms. The molecule has 1 saturated carbocycles. The third-order valence-electron chi connectivity index (χ3n) is 3.32. The highest BCUT2D eigenvalue weighted by Gasteiger charge is 2.46. The van der Waals surface area contributed by atoms with Gasteiger partial charge in [0.25, 0.3) is 0 Å². The summed E-state index contributed by atoms with van der Waals surface area (Å²) < 4.78 is 0. The van der Waals surface area contributed by atoms with Gasteiger partial charge in [-0.3, -0.25) is 10.1 Å². The molecule has 0 spiro atoms. The number of rotatable bonds is 6. The molecular formula is C12H19N5O2. The second-order valence-electron chi connectivity index (χ2n) is 5.50. The molecule has 1 unspecified atom stereocenters. The van der Waals surface area contributed by atoms with Gasteiger partial charge in [0.2, 0.25) is 11.8 Å². The second-order valence-corrected chi connectivity index (χ2v) is 5.50. The lowest BCUT2D eigenvalue weighted by atomic mass is 10.2. The maximum absolute atomic E-state index is 11.0. The molecule has 1 aromatic rings. The quantitative estimate of drug-likeness (QED) is 0.606. The zero-order valence-electron chi connectivity index (χ0n) is 11.4. The first-order chi connectivity index (χ1) is 8.94. The summed E-state index contributed by atoms with van der Waals surface area (Å²) in [5.74, 6) is 0.725. The van der Waals surface area contributed by atoms with Crippen LogP contribution in [0.4, 0.5) is 17.5 Å². The smallest absolute Gasteiger partial charge is 0.329 e. The molecule has 1 aliphatic carbocycles. The van der Waals surface area contributed by atoms with Gasteiger partial charge in [-0.25, -0.2) is 4.98 Å². The van der Waals surface area contributed by atoms with Crippen LogP contribution in [0.5, 0.6) is 0 Å². The van der Waals surface area contributed by atoms with E-state index in [0.29, 0.717) is 11.8 Å². The minimum atomic E-state index is -0.457. The van der Waals surface area contributed by atoms with E-state index in [9.17, 15) is 10.1 Å². The topological polar surface area (TPSA) is 93.0 Å². The standard InChI is InChI=1S/C12H19N5O2/c1-4-5-13-11-14-7-8(17(18)19)10(16-11)15-9-6-12(9,2)3/h7,9H,4-6H2,1-3H3,(H2,13,14,15,16). The third-order valence-corrected chi connectivity index (χ3v) is 3.32. The third kappa shape index (κ3) is 3.10. The Labute approximate surface area is 112 Å². The van der Waals surface area contributed by atoms with E-state index in [0.717, 1.165) is 19.4 Å². The molecule has 7 heteroatoms. The average molecular weight is 265 g/mol. The molecule has 0 aromatic carbocycles. The molecule has 2 N–H and O–H groups in total. The number of nitrogens with one attached hydrogen (secondary N) is 2. The van der Waals surface area contributed by atoms with Gasteiger partial charge in [0, 0.05) is 12.6 Å². The number of aromatic nitrogens is 2. The minimum absolute atomic E-state index is 0.0789. The Bertz CT molecular complexity index is 489. The van der Waals surface area contributed by atoms with Gasteiger partial charge in [0.1, 0.15) is 6.20 Å². The predicted octanol–water partition coefficient (Wildman–Crippen LogP) is 2.42. The fourth-order valence-corrected chi connectivity index (χ4v) is 1.82. The molecule has 1 atom stereocenters. The van der Waals surface area contributed by atoms with E-state index in [1.165, 1.54) is 6.20 Å². The van der Waals surface area contributed by atoms with Gasteiger partial charge in [-0.2, -0.15) is 4.98 Å². The molecule has 0 saturated heterocycles. The van der Waals surface area contributed by atoms with Crippen LogP contribution < -0.4 is 10.6 Å². The lowest BCUT2D eigenvalue weighted by Crippen LogP contribution is -2.13. The number of nitro groups is 1. The van der Waals surface area contributed by atoms with Crippen LogP contribution in [0.1, 0.15) is 33.6 Å². The summed E-state index contributed by atoms with van der Waals surface area (Å²) in [5.41, 5.74) is 0.0975. The number of hydrogen-bond donors (Lipinski definition) is 2. The van der Waals surface area contributed by atoms with Crippen molar-refractivity contribution in [2.75, 3.05) is 17.2 Å². The molecule has 2 rings (SSSR count). The molecule has 0 aliphatic heterocycles.